The zero-order valence-corrected chi connectivity index (χ0v) is 20.8. The Morgan fingerprint density at radius 3 is 2.80 bits per heavy atom. The summed E-state index contributed by atoms with van der Waals surface area (Å²) in [6, 6.07) is 6.50. The fourth-order valence-corrected chi connectivity index (χ4v) is 5.45. The zero-order valence-electron chi connectivity index (χ0n) is 20.8. The van der Waals surface area contributed by atoms with Gasteiger partial charge in [0.05, 0.1) is 17.8 Å². The molecular formula is C27H31N7O. The van der Waals surface area contributed by atoms with Gasteiger partial charge in [0.15, 0.2) is 5.65 Å². The lowest BCUT2D eigenvalue weighted by molar-refractivity contribution is 0.311. The van der Waals surface area contributed by atoms with E-state index in [9.17, 15) is 0 Å². The highest BCUT2D eigenvalue weighted by Crippen LogP contribution is 2.40. The van der Waals surface area contributed by atoms with Crippen LogP contribution >= 0.6 is 0 Å². The van der Waals surface area contributed by atoms with Gasteiger partial charge in [0, 0.05) is 29.4 Å². The minimum Gasteiger partial charge on any atom is -0.491 e. The van der Waals surface area contributed by atoms with E-state index in [4.69, 9.17) is 15.5 Å². The quantitative estimate of drug-likeness (QED) is 0.444. The number of nitrogens with zero attached hydrogens (tertiary/aromatic N) is 5. The molecule has 8 nitrogen and oxygen atoms in total. The Hall–Kier alpha value is -3.68. The molecule has 3 N–H and O–H groups in total. The summed E-state index contributed by atoms with van der Waals surface area (Å²) in [5.74, 6) is 3.13. The molecule has 180 valence electrons. The zero-order chi connectivity index (χ0) is 24.3. The van der Waals surface area contributed by atoms with Crippen molar-refractivity contribution in [1.82, 2.24) is 24.9 Å². The molecule has 0 saturated heterocycles. The molecule has 2 aliphatic rings. The summed E-state index contributed by atoms with van der Waals surface area (Å²) in [5, 5.41) is 0. The van der Waals surface area contributed by atoms with E-state index in [1.54, 1.807) is 0 Å². The number of benzene rings is 1. The summed E-state index contributed by atoms with van der Waals surface area (Å²) in [4.78, 5) is 23.9. The van der Waals surface area contributed by atoms with Crippen LogP contribution in [0.2, 0.25) is 0 Å². The van der Waals surface area contributed by atoms with E-state index in [1.165, 1.54) is 5.56 Å². The van der Waals surface area contributed by atoms with Gasteiger partial charge in [0.2, 0.25) is 5.95 Å². The van der Waals surface area contributed by atoms with Crippen molar-refractivity contribution in [3.05, 3.63) is 52.6 Å². The molecule has 4 aromatic rings. The molecule has 8 heteroatoms. The van der Waals surface area contributed by atoms with Crippen molar-refractivity contribution < 1.29 is 4.74 Å². The summed E-state index contributed by atoms with van der Waals surface area (Å²) in [6.07, 6.45) is 4.90. The monoisotopic (exact) mass is 469 g/mol. The van der Waals surface area contributed by atoms with Crippen molar-refractivity contribution >= 4 is 22.9 Å². The average molecular weight is 470 g/mol. The van der Waals surface area contributed by atoms with Crippen molar-refractivity contribution in [1.29, 1.82) is 0 Å². The predicted molar refractivity (Wildman–Crippen MR) is 138 cm³/mol. The molecule has 0 unspecified atom stereocenters. The largest absolute Gasteiger partial charge is 0.491 e. The number of aryl methyl sites for hydroxylation is 3. The number of anilines is 2. The lowest BCUT2D eigenvalue weighted by Crippen LogP contribution is -2.31. The average Bonchev–Trinajstić information content (AvgIpc) is 3.04. The van der Waals surface area contributed by atoms with Crippen LogP contribution in [0.5, 0.6) is 5.75 Å². The third kappa shape index (κ3) is 3.96. The van der Waals surface area contributed by atoms with Crippen LogP contribution in [0.1, 0.15) is 48.5 Å². The molecule has 4 heterocycles. The lowest BCUT2D eigenvalue weighted by atomic mass is 9.76. The van der Waals surface area contributed by atoms with Crippen LogP contribution in [0.15, 0.2) is 24.4 Å². The van der Waals surface area contributed by atoms with Crippen LogP contribution in [-0.4, -0.2) is 38.1 Å². The van der Waals surface area contributed by atoms with Crippen LogP contribution in [-0.2, 0) is 19.4 Å². The summed E-state index contributed by atoms with van der Waals surface area (Å²) >= 11 is 0. The maximum atomic E-state index is 6.26. The van der Waals surface area contributed by atoms with E-state index in [0.717, 1.165) is 82.3 Å². The molecule has 3 aromatic heterocycles. The van der Waals surface area contributed by atoms with Gasteiger partial charge >= 0.3 is 0 Å². The number of rotatable bonds is 2. The molecule has 0 atom stereocenters. The van der Waals surface area contributed by atoms with E-state index < -0.39 is 0 Å². The maximum absolute atomic E-state index is 6.26. The summed E-state index contributed by atoms with van der Waals surface area (Å²) in [5.41, 5.74) is 14.8. The van der Waals surface area contributed by atoms with Gasteiger partial charge in [-0.1, -0.05) is 13.8 Å². The third-order valence-electron chi connectivity index (χ3n) is 7.19. The van der Waals surface area contributed by atoms with Crippen LogP contribution < -0.4 is 15.4 Å². The topological polar surface area (TPSA) is 106 Å². The van der Waals surface area contributed by atoms with E-state index in [-0.39, 0.29) is 5.41 Å². The number of nitrogen functional groups attached to an aromatic ring is 1. The first-order valence-electron chi connectivity index (χ1n) is 12.2. The van der Waals surface area contributed by atoms with Gasteiger partial charge in [-0.25, -0.2) is 15.0 Å². The number of hydrogen-bond donors (Lipinski definition) is 2. The Labute approximate surface area is 205 Å². The highest BCUT2D eigenvalue weighted by atomic mass is 16.5. The fourth-order valence-electron chi connectivity index (χ4n) is 5.45. The van der Waals surface area contributed by atoms with Gasteiger partial charge in [-0.05, 0) is 67.9 Å². The Balaban J connectivity index is 1.41. The molecule has 0 bridgehead atoms. The maximum Gasteiger partial charge on any atom is 0.222 e. The van der Waals surface area contributed by atoms with Gasteiger partial charge in [-0.15, -0.1) is 0 Å². The second kappa shape index (κ2) is 7.93. The minimum absolute atomic E-state index is 0.224. The summed E-state index contributed by atoms with van der Waals surface area (Å²) in [7, 11) is 0. The van der Waals surface area contributed by atoms with Crippen molar-refractivity contribution in [2.24, 2.45) is 5.41 Å². The molecule has 35 heavy (non-hydrogen) atoms. The third-order valence-corrected chi connectivity index (χ3v) is 7.19. The van der Waals surface area contributed by atoms with E-state index in [2.05, 4.69) is 63.8 Å². The number of aromatic nitrogens is 5. The van der Waals surface area contributed by atoms with Crippen molar-refractivity contribution in [2.75, 3.05) is 23.8 Å². The smallest absolute Gasteiger partial charge is 0.222 e. The van der Waals surface area contributed by atoms with Crippen LogP contribution in [0.3, 0.4) is 0 Å². The Kier molecular flexibility index (Phi) is 4.95. The number of pyridine rings is 1. The number of ether oxygens (including phenoxy) is 1. The molecule has 0 radical (unpaired) electrons. The van der Waals surface area contributed by atoms with E-state index in [0.29, 0.717) is 19.1 Å². The Morgan fingerprint density at radius 1 is 1.09 bits per heavy atom. The van der Waals surface area contributed by atoms with E-state index >= 15 is 0 Å². The Bertz CT molecular complexity index is 1460. The first-order valence-corrected chi connectivity index (χ1v) is 12.2. The lowest BCUT2D eigenvalue weighted by Gasteiger charge is -2.34. The van der Waals surface area contributed by atoms with Gasteiger partial charge < -0.3 is 20.4 Å². The molecular weight excluding hydrogens is 438 g/mol. The molecule has 1 aromatic carbocycles. The first kappa shape index (κ1) is 21.8. The minimum atomic E-state index is 0.224. The Morgan fingerprint density at radius 2 is 1.94 bits per heavy atom. The first-order chi connectivity index (χ1) is 16.8. The number of aromatic amines is 1. The summed E-state index contributed by atoms with van der Waals surface area (Å²) < 4.78 is 6.26. The number of nitrogens with two attached hydrogens (primary N) is 1. The fraction of sp³-hybridized carbons (Fsp3) is 0.407. The van der Waals surface area contributed by atoms with Crippen molar-refractivity contribution in [2.45, 2.75) is 53.5 Å². The highest BCUT2D eigenvalue weighted by molar-refractivity contribution is 5.79. The molecule has 0 amide bonds. The van der Waals surface area contributed by atoms with Crippen molar-refractivity contribution in [3.63, 3.8) is 0 Å². The number of hydrogen-bond acceptors (Lipinski definition) is 7. The van der Waals surface area contributed by atoms with Crippen LogP contribution in [0, 0.1) is 19.3 Å². The van der Waals surface area contributed by atoms with Crippen LogP contribution in [0.4, 0.5) is 11.8 Å². The second-order valence-electron chi connectivity index (χ2n) is 10.6. The molecule has 0 saturated carbocycles. The number of imidazole rings is 1. The molecule has 1 aliphatic carbocycles. The standard InChI is InChI=1S/C27H31N7O/c1-15-9-17(18-11-22-24(29-13-18)31-16(2)30-22)10-19-14-34(7-8-35-23(15)19)25-20-12-27(3,4)6-5-21(20)32-26(28)33-25/h9-11,13H,5-8,12,14H2,1-4H3,(H2,28,32,33)(H,29,30,31). The number of H-pyrrole nitrogens is 1. The summed E-state index contributed by atoms with van der Waals surface area (Å²) in [6.45, 7) is 10.7. The molecule has 0 fully saturated rings. The normalized spacial score (nSPS) is 17.0. The van der Waals surface area contributed by atoms with E-state index in [1.807, 2.05) is 13.1 Å². The molecule has 6 rings (SSSR count). The van der Waals surface area contributed by atoms with Crippen LogP contribution in [0.25, 0.3) is 22.3 Å². The predicted octanol–water partition coefficient (Wildman–Crippen LogP) is 4.53. The SMILES string of the molecule is Cc1nc2ncc(-c3cc(C)c4c(c3)CN(c3nc(N)nc5c3CC(C)(C)CC5)CCO4)cc2[nH]1. The van der Waals surface area contributed by atoms with Crippen molar-refractivity contribution in [3.8, 4) is 16.9 Å². The van der Waals surface area contributed by atoms with Gasteiger partial charge in [-0.3, -0.25) is 0 Å². The molecule has 0 spiro atoms. The molecule has 1 aliphatic heterocycles. The second-order valence-corrected chi connectivity index (χ2v) is 10.6. The highest BCUT2D eigenvalue weighted by Gasteiger charge is 2.31. The number of fused-ring (bicyclic) bond motifs is 3. The van der Waals surface area contributed by atoms with Gasteiger partial charge in [-0.2, -0.15) is 4.98 Å². The number of nitrogens with one attached hydrogen (secondary N) is 1. The van der Waals surface area contributed by atoms with Gasteiger partial charge in [0.25, 0.3) is 0 Å². The van der Waals surface area contributed by atoms with Gasteiger partial charge in [0.1, 0.15) is 24.0 Å².